The van der Waals surface area contributed by atoms with Crippen molar-refractivity contribution in [3.05, 3.63) is 0 Å². The van der Waals surface area contributed by atoms with E-state index < -0.39 is 0 Å². The Morgan fingerprint density at radius 1 is 1.07 bits per heavy atom. The number of amides is 1. The molecule has 6 nitrogen and oxygen atoms in total. The maximum Gasteiger partial charge on any atom is 0.242 e. The number of hydrogen-bond donors (Lipinski definition) is 3. The number of ether oxygens (including phenoxy) is 1. The number of unbranched alkanes of at least 4 members (excludes halogenated alkanes) is 1. The van der Waals surface area contributed by atoms with Crippen molar-refractivity contribution in [2.75, 3.05) is 26.2 Å². The van der Waals surface area contributed by atoms with Crippen molar-refractivity contribution >= 4 is 35.8 Å². The molecule has 0 saturated heterocycles. The number of carbonyl (C=O) groups is 1. The zero-order valence-electron chi connectivity index (χ0n) is 17.7. The van der Waals surface area contributed by atoms with Gasteiger partial charge in [0.15, 0.2) is 5.96 Å². The van der Waals surface area contributed by atoms with E-state index in [1.165, 1.54) is 38.5 Å². The number of carbonyl (C=O) groups excluding carboxylic acids is 1. The Morgan fingerprint density at radius 2 is 1.74 bits per heavy atom. The van der Waals surface area contributed by atoms with Crippen LogP contribution in [0, 0.1) is 0 Å². The molecule has 0 radical (unpaired) electrons. The Hall–Kier alpha value is -0.570. The van der Waals surface area contributed by atoms with E-state index in [2.05, 4.69) is 20.9 Å². The molecule has 1 aliphatic carbocycles. The Kier molecular flexibility index (Phi) is 15.0. The Labute approximate surface area is 183 Å². The molecule has 7 heteroatoms. The van der Waals surface area contributed by atoms with Crippen LogP contribution in [0.5, 0.6) is 0 Å². The van der Waals surface area contributed by atoms with Crippen molar-refractivity contribution < 1.29 is 9.53 Å². The van der Waals surface area contributed by atoms with Gasteiger partial charge < -0.3 is 20.7 Å². The smallest absolute Gasteiger partial charge is 0.242 e. The van der Waals surface area contributed by atoms with Crippen LogP contribution >= 0.6 is 24.0 Å². The fourth-order valence-corrected chi connectivity index (χ4v) is 3.04. The Bertz CT molecular complexity index is 417. The van der Waals surface area contributed by atoms with Crippen LogP contribution in [0.15, 0.2) is 4.99 Å². The van der Waals surface area contributed by atoms with Crippen LogP contribution in [0.1, 0.15) is 79.1 Å². The van der Waals surface area contributed by atoms with E-state index in [-0.39, 0.29) is 42.0 Å². The number of guanidine groups is 1. The zero-order valence-corrected chi connectivity index (χ0v) is 20.1. The summed E-state index contributed by atoms with van der Waals surface area (Å²) in [5, 5.41) is 9.39. The Balaban J connectivity index is 0.00000676. The van der Waals surface area contributed by atoms with Gasteiger partial charge in [-0.1, -0.05) is 25.7 Å². The summed E-state index contributed by atoms with van der Waals surface area (Å²) < 4.78 is 6.02. The third-order valence-corrected chi connectivity index (χ3v) is 4.26. The van der Waals surface area contributed by atoms with E-state index in [0.717, 1.165) is 32.5 Å². The number of halogens is 1. The summed E-state index contributed by atoms with van der Waals surface area (Å²) in [4.78, 5) is 16.2. The summed E-state index contributed by atoms with van der Waals surface area (Å²) in [7, 11) is 0. The molecule has 0 aromatic rings. The average Bonchev–Trinajstić information content (AvgIpc) is 2.82. The van der Waals surface area contributed by atoms with Gasteiger partial charge in [-0.3, -0.25) is 4.79 Å². The van der Waals surface area contributed by atoms with Crippen LogP contribution in [0.3, 0.4) is 0 Å². The molecule has 0 unspecified atom stereocenters. The van der Waals surface area contributed by atoms with Gasteiger partial charge in [0, 0.05) is 25.2 Å². The first kappa shape index (κ1) is 26.4. The van der Waals surface area contributed by atoms with Gasteiger partial charge in [0.25, 0.3) is 0 Å². The van der Waals surface area contributed by atoms with Crippen molar-refractivity contribution in [2.24, 2.45) is 4.99 Å². The molecular formula is C20H41IN4O2. The molecule has 0 aromatic carbocycles. The lowest BCUT2D eigenvalue weighted by atomic mass is 10.1. The van der Waals surface area contributed by atoms with Gasteiger partial charge in [0.05, 0.1) is 6.10 Å². The fourth-order valence-electron chi connectivity index (χ4n) is 3.04. The average molecular weight is 496 g/mol. The minimum atomic E-state index is -0.226. The van der Waals surface area contributed by atoms with Gasteiger partial charge in [-0.05, 0) is 53.4 Å². The SMILES string of the molecule is CCNC(=NCC(=O)NC(C)(C)C)NCCCCOC1CCCCCC1.I. The molecule has 1 rings (SSSR count). The van der Waals surface area contributed by atoms with Gasteiger partial charge in [0.2, 0.25) is 5.91 Å². The summed E-state index contributed by atoms with van der Waals surface area (Å²) in [6, 6.07) is 0. The number of rotatable bonds is 9. The van der Waals surface area contributed by atoms with Crippen molar-refractivity contribution in [2.45, 2.75) is 90.7 Å². The standard InChI is InChI=1S/C20H40N4O2.HI/c1-5-21-19(23-16-18(25)24-20(2,3)4)22-14-10-11-15-26-17-12-8-6-7-9-13-17;/h17H,5-16H2,1-4H3,(H,24,25)(H2,21,22,23);1H. The molecule has 1 fully saturated rings. The van der Waals surface area contributed by atoms with E-state index >= 15 is 0 Å². The molecule has 0 bridgehead atoms. The first-order valence-electron chi connectivity index (χ1n) is 10.4. The molecule has 0 spiro atoms. The third-order valence-electron chi connectivity index (χ3n) is 4.26. The second-order valence-electron chi connectivity index (χ2n) is 8.11. The summed E-state index contributed by atoms with van der Waals surface area (Å²) in [5.41, 5.74) is -0.226. The number of hydrogen-bond acceptors (Lipinski definition) is 3. The van der Waals surface area contributed by atoms with Crippen LogP contribution in [0.25, 0.3) is 0 Å². The van der Waals surface area contributed by atoms with Crippen LogP contribution in [-0.2, 0) is 9.53 Å². The van der Waals surface area contributed by atoms with Crippen molar-refractivity contribution in [1.29, 1.82) is 0 Å². The van der Waals surface area contributed by atoms with Crippen molar-refractivity contribution in [3.8, 4) is 0 Å². The van der Waals surface area contributed by atoms with Gasteiger partial charge in [-0.2, -0.15) is 0 Å². The van der Waals surface area contributed by atoms with Crippen LogP contribution in [0.2, 0.25) is 0 Å². The summed E-state index contributed by atoms with van der Waals surface area (Å²) in [6.45, 7) is 10.5. The quantitative estimate of drug-likeness (QED) is 0.150. The van der Waals surface area contributed by atoms with E-state index in [1.807, 2.05) is 27.7 Å². The maximum absolute atomic E-state index is 11.9. The lowest BCUT2D eigenvalue weighted by Gasteiger charge is -2.20. The molecule has 1 saturated carbocycles. The highest BCUT2D eigenvalue weighted by Gasteiger charge is 2.13. The number of nitrogens with zero attached hydrogens (tertiary/aromatic N) is 1. The van der Waals surface area contributed by atoms with E-state index in [0.29, 0.717) is 12.1 Å². The van der Waals surface area contributed by atoms with E-state index in [4.69, 9.17) is 4.74 Å². The molecular weight excluding hydrogens is 455 g/mol. The second-order valence-corrected chi connectivity index (χ2v) is 8.11. The molecule has 1 amide bonds. The summed E-state index contributed by atoms with van der Waals surface area (Å²) in [5.74, 6) is 0.632. The predicted octanol–water partition coefficient (Wildman–Crippen LogP) is 3.59. The maximum atomic E-state index is 11.9. The van der Waals surface area contributed by atoms with Crippen molar-refractivity contribution in [1.82, 2.24) is 16.0 Å². The molecule has 3 N–H and O–H groups in total. The highest BCUT2D eigenvalue weighted by Crippen LogP contribution is 2.19. The topological polar surface area (TPSA) is 74.8 Å². The van der Waals surface area contributed by atoms with Gasteiger partial charge in [-0.15, -0.1) is 24.0 Å². The normalized spacial score (nSPS) is 16.2. The van der Waals surface area contributed by atoms with Crippen LogP contribution < -0.4 is 16.0 Å². The van der Waals surface area contributed by atoms with Crippen molar-refractivity contribution in [3.63, 3.8) is 0 Å². The largest absolute Gasteiger partial charge is 0.378 e. The lowest BCUT2D eigenvalue weighted by Crippen LogP contribution is -2.43. The van der Waals surface area contributed by atoms with E-state index in [1.54, 1.807) is 0 Å². The molecule has 0 aliphatic heterocycles. The molecule has 160 valence electrons. The molecule has 27 heavy (non-hydrogen) atoms. The number of nitrogens with one attached hydrogen (secondary N) is 3. The predicted molar refractivity (Wildman–Crippen MR) is 124 cm³/mol. The van der Waals surface area contributed by atoms with Crippen LogP contribution in [0.4, 0.5) is 0 Å². The molecule has 1 aliphatic rings. The zero-order chi connectivity index (χ0) is 19.3. The highest BCUT2D eigenvalue weighted by atomic mass is 127. The minimum absolute atomic E-state index is 0. The Morgan fingerprint density at radius 3 is 2.33 bits per heavy atom. The van der Waals surface area contributed by atoms with Gasteiger partial charge in [0.1, 0.15) is 6.54 Å². The lowest BCUT2D eigenvalue weighted by molar-refractivity contribution is -0.121. The second kappa shape index (κ2) is 15.4. The molecule has 0 aromatic heterocycles. The first-order chi connectivity index (χ1) is 12.4. The van der Waals surface area contributed by atoms with Crippen LogP contribution in [-0.4, -0.2) is 49.8 Å². The molecule has 0 atom stereocenters. The third kappa shape index (κ3) is 15.1. The minimum Gasteiger partial charge on any atom is -0.378 e. The van der Waals surface area contributed by atoms with Gasteiger partial charge >= 0.3 is 0 Å². The fraction of sp³-hybridized carbons (Fsp3) is 0.900. The summed E-state index contributed by atoms with van der Waals surface area (Å²) in [6.07, 6.45) is 10.4. The first-order valence-corrected chi connectivity index (χ1v) is 10.4. The van der Waals surface area contributed by atoms with Gasteiger partial charge in [-0.25, -0.2) is 4.99 Å². The molecule has 0 heterocycles. The monoisotopic (exact) mass is 496 g/mol. The number of aliphatic imine (C=N–C) groups is 1. The summed E-state index contributed by atoms with van der Waals surface area (Å²) >= 11 is 0. The van der Waals surface area contributed by atoms with E-state index in [9.17, 15) is 4.79 Å². The highest BCUT2D eigenvalue weighted by molar-refractivity contribution is 14.0.